The first-order chi connectivity index (χ1) is 11.1. The van der Waals surface area contributed by atoms with Gasteiger partial charge in [-0.2, -0.15) is 5.26 Å². The number of carbonyl (C=O) groups excluding carboxylic acids is 1. The molecule has 0 spiro atoms. The Bertz CT molecular complexity index is 708. The van der Waals surface area contributed by atoms with Crippen molar-refractivity contribution in [2.45, 2.75) is 32.7 Å². The molecule has 0 heterocycles. The van der Waals surface area contributed by atoms with E-state index in [1.165, 1.54) is 0 Å². The predicted molar refractivity (Wildman–Crippen MR) is 87.7 cm³/mol. The van der Waals surface area contributed by atoms with Crippen molar-refractivity contribution in [3.63, 3.8) is 0 Å². The van der Waals surface area contributed by atoms with Crippen LogP contribution in [-0.4, -0.2) is 5.97 Å². The third kappa shape index (κ3) is 4.10. The van der Waals surface area contributed by atoms with Crippen LogP contribution in [0.15, 0.2) is 42.5 Å². The molecule has 4 nitrogen and oxygen atoms in total. The third-order valence-electron chi connectivity index (χ3n) is 3.79. The SMILES string of the molecule is CCc1cc(CC)cc(C(Nc2ccc(C#N)cc2)C(=O)[O-])c1. The summed E-state index contributed by atoms with van der Waals surface area (Å²) in [6, 6.07) is 13.7. The van der Waals surface area contributed by atoms with Crippen LogP contribution in [0.25, 0.3) is 0 Å². The fourth-order valence-corrected chi connectivity index (χ4v) is 2.45. The molecule has 4 heteroatoms. The summed E-state index contributed by atoms with van der Waals surface area (Å²) in [7, 11) is 0. The lowest BCUT2D eigenvalue weighted by molar-refractivity contribution is -0.307. The topological polar surface area (TPSA) is 76.0 Å². The van der Waals surface area contributed by atoms with Crippen LogP contribution >= 0.6 is 0 Å². The van der Waals surface area contributed by atoms with E-state index < -0.39 is 12.0 Å². The van der Waals surface area contributed by atoms with Crippen molar-refractivity contribution in [2.24, 2.45) is 0 Å². The molecule has 1 N–H and O–H groups in total. The van der Waals surface area contributed by atoms with Gasteiger partial charge in [-0.15, -0.1) is 0 Å². The highest BCUT2D eigenvalue weighted by atomic mass is 16.4. The molecule has 2 aromatic carbocycles. The summed E-state index contributed by atoms with van der Waals surface area (Å²) in [5.41, 5.74) is 4.06. The highest BCUT2D eigenvalue weighted by Gasteiger charge is 2.14. The van der Waals surface area contributed by atoms with E-state index >= 15 is 0 Å². The number of carbonyl (C=O) groups is 1. The van der Waals surface area contributed by atoms with Gasteiger partial charge in [0.2, 0.25) is 0 Å². The molecule has 1 atom stereocenters. The van der Waals surface area contributed by atoms with Crippen molar-refractivity contribution in [2.75, 3.05) is 5.32 Å². The number of anilines is 1. The molecule has 118 valence electrons. The maximum atomic E-state index is 11.6. The zero-order chi connectivity index (χ0) is 16.8. The first-order valence-electron chi connectivity index (χ1n) is 7.67. The van der Waals surface area contributed by atoms with Gasteiger partial charge < -0.3 is 15.2 Å². The lowest BCUT2D eigenvalue weighted by atomic mass is 9.97. The third-order valence-corrected chi connectivity index (χ3v) is 3.79. The molecule has 0 aliphatic heterocycles. The van der Waals surface area contributed by atoms with E-state index in [0.717, 1.165) is 24.0 Å². The minimum Gasteiger partial charge on any atom is -0.548 e. The van der Waals surface area contributed by atoms with Gasteiger partial charge in [0.1, 0.15) is 0 Å². The Morgan fingerprint density at radius 1 is 1.13 bits per heavy atom. The van der Waals surface area contributed by atoms with E-state index in [2.05, 4.69) is 11.4 Å². The first-order valence-corrected chi connectivity index (χ1v) is 7.67. The average molecular weight is 307 g/mol. The van der Waals surface area contributed by atoms with Crippen molar-refractivity contribution >= 4 is 11.7 Å². The van der Waals surface area contributed by atoms with Crippen LogP contribution in [0.1, 0.15) is 42.1 Å². The van der Waals surface area contributed by atoms with Crippen molar-refractivity contribution in [1.82, 2.24) is 0 Å². The molecule has 0 radical (unpaired) electrons. The van der Waals surface area contributed by atoms with Gasteiger partial charge in [-0.25, -0.2) is 0 Å². The lowest BCUT2D eigenvalue weighted by Gasteiger charge is -2.23. The summed E-state index contributed by atoms with van der Waals surface area (Å²) in [4.78, 5) is 11.6. The number of nitrogens with zero attached hydrogens (tertiary/aromatic N) is 1. The van der Waals surface area contributed by atoms with Gasteiger partial charge in [0.15, 0.2) is 0 Å². The number of rotatable bonds is 6. The Morgan fingerprint density at radius 3 is 2.13 bits per heavy atom. The second-order valence-electron chi connectivity index (χ2n) is 5.38. The Labute approximate surface area is 136 Å². The molecule has 0 aromatic heterocycles. The van der Waals surface area contributed by atoms with Gasteiger partial charge in [-0.3, -0.25) is 0 Å². The summed E-state index contributed by atoms with van der Waals surface area (Å²) in [6.45, 7) is 4.08. The minimum atomic E-state index is -1.18. The van der Waals surface area contributed by atoms with Gasteiger partial charge >= 0.3 is 0 Å². The van der Waals surface area contributed by atoms with Crippen LogP contribution in [0.4, 0.5) is 5.69 Å². The highest BCUT2D eigenvalue weighted by molar-refractivity contribution is 5.77. The predicted octanol–water partition coefficient (Wildman–Crippen LogP) is 2.59. The molecular formula is C19H19N2O2-. The summed E-state index contributed by atoms with van der Waals surface area (Å²) in [5, 5.41) is 23.4. The number of aliphatic carboxylic acids is 1. The minimum absolute atomic E-state index is 0.529. The van der Waals surface area contributed by atoms with Gasteiger partial charge in [0.25, 0.3) is 0 Å². The number of hydrogen-bond donors (Lipinski definition) is 1. The van der Waals surface area contributed by atoms with Gasteiger partial charge in [0.05, 0.1) is 23.6 Å². The zero-order valence-electron chi connectivity index (χ0n) is 13.3. The average Bonchev–Trinajstić information content (AvgIpc) is 2.59. The maximum Gasteiger partial charge on any atom is 0.0991 e. The number of nitrogens with one attached hydrogen (secondary N) is 1. The number of nitriles is 1. The van der Waals surface area contributed by atoms with Crippen LogP contribution in [0, 0.1) is 11.3 Å². The van der Waals surface area contributed by atoms with Gasteiger partial charge in [-0.05, 0) is 53.8 Å². The summed E-state index contributed by atoms with van der Waals surface area (Å²) < 4.78 is 0. The van der Waals surface area contributed by atoms with Crippen LogP contribution in [0.2, 0.25) is 0 Å². The fraction of sp³-hybridized carbons (Fsp3) is 0.263. The second kappa shape index (κ2) is 7.46. The highest BCUT2D eigenvalue weighted by Crippen LogP contribution is 2.23. The standard InChI is InChI=1S/C19H20N2O2/c1-3-13-9-14(4-2)11-16(10-13)18(19(22)23)21-17-7-5-15(12-20)6-8-17/h5-11,18,21H,3-4H2,1-2H3,(H,22,23)/p-1. The zero-order valence-corrected chi connectivity index (χ0v) is 13.3. The van der Waals surface area contributed by atoms with Crippen molar-refractivity contribution in [1.29, 1.82) is 5.26 Å². The smallest absolute Gasteiger partial charge is 0.0991 e. The van der Waals surface area contributed by atoms with Crippen molar-refractivity contribution < 1.29 is 9.90 Å². The Hall–Kier alpha value is -2.80. The number of aryl methyl sites for hydroxylation is 2. The molecule has 0 aliphatic rings. The number of benzene rings is 2. The fourth-order valence-electron chi connectivity index (χ4n) is 2.45. The summed E-state index contributed by atoms with van der Waals surface area (Å²) in [5.74, 6) is -1.18. The van der Waals surface area contributed by atoms with E-state index in [1.54, 1.807) is 24.3 Å². The Morgan fingerprint density at radius 2 is 1.70 bits per heavy atom. The number of hydrogen-bond acceptors (Lipinski definition) is 4. The monoisotopic (exact) mass is 307 g/mol. The van der Waals surface area contributed by atoms with Crippen LogP contribution in [0.3, 0.4) is 0 Å². The molecule has 0 fully saturated rings. The molecule has 23 heavy (non-hydrogen) atoms. The molecule has 1 unspecified atom stereocenters. The summed E-state index contributed by atoms with van der Waals surface area (Å²) in [6.07, 6.45) is 1.69. The molecule has 0 saturated heterocycles. The Balaban J connectivity index is 2.34. The van der Waals surface area contributed by atoms with E-state index in [0.29, 0.717) is 16.8 Å². The van der Waals surface area contributed by atoms with Crippen LogP contribution < -0.4 is 10.4 Å². The first kappa shape index (κ1) is 16.6. The van der Waals surface area contributed by atoms with E-state index in [1.807, 2.05) is 32.0 Å². The van der Waals surface area contributed by atoms with E-state index in [9.17, 15) is 9.90 Å². The number of carboxylic acid groups (broad SMARTS) is 1. The van der Waals surface area contributed by atoms with Crippen LogP contribution in [-0.2, 0) is 17.6 Å². The normalized spacial score (nSPS) is 11.5. The second-order valence-corrected chi connectivity index (χ2v) is 5.38. The van der Waals surface area contributed by atoms with E-state index in [4.69, 9.17) is 5.26 Å². The number of carboxylic acids is 1. The quantitative estimate of drug-likeness (QED) is 0.890. The van der Waals surface area contributed by atoms with Gasteiger partial charge in [0, 0.05) is 5.69 Å². The van der Waals surface area contributed by atoms with Gasteiger partial charge in [-0.1, -0.05) is 32.0 Å². The molecule has 0 amide bonds. The van der Waals surface area contributed by atoms with Crippen LogP contribution in [0.5, 0.6) is 0 Å². The molecule has 0 bridgehead atoms. The molecule has 2 rings (SSSR count). The van der Waals surface area contributed by atoms with Crippen molar-refractivity contribution in [3.8, 4) is 6.07 Å². The van der Waals surface area contributed by atoms with Crippen molar-refractivity contribution in [3.05, 3.63) is 64.7 Å². The maximum absolute atomic E-state index is 11.6. The van der Waals surface area contributed by atoms with E-state index in [-0.39, 0.29) is 0 Å². The largest absolute Gasteiger partial charge is 0.548 e. The lowest BCUT2D eigenvalue weighted by Crippen LogP contribution is -2.34. The molecule has 2 aromatic rings. The molecule has 0 saturated carbocycles. The Kier molecular flexibility index (Phi) is 5.37. The molecule has 0 aliphatic carbocycles. The summed E-state index contributed by atoms with van der Waals surface area (Å²) >= 11 is 0. The molecular weight excluding hydrogens is 288 g/mol.